The summed E-state index contributed by atoms with van der Waals surface area (Å²) in [5, 5.41) is 7.61. The van der Waals surface area contributed by atoms with Gasteiger partial charge in [0.2, 0.25) is 17.6 Å². The number of hydrogen-bond donors (Lipinski definition) is 1. The van der Waals surface area contributed by atoms with Crippen molar-refractivity contribution < 1.29 is 9.32 Å². The van der Waals surface area contributed by atoms with Gasteiger partial charge in [-0.1, -0.05) is 58.7 Å². The van der Waals surface area contributed by atoms with E-state index < -0.39 is 0 Å². The van der Waals surface area contributed by atoms with Crippen molar-refractivity contribution >= 4 is 17.5 Å². The first-order valence-electron chi connectivity index (χ1n) is 8.46. The van der Waals surface area contributed by atoms with Crippen LogP contribution in [-0.4, -0.2) is 16.0 Å². The molecule has 0 saturated heterocycles. The van der Waals surface area contributed by atoms with Gasteiger partial charge in [0.05, 0.1) is 6.04 Å². The summed E-state index contributed by atoms with van der Waals surface area (Å²) in [6.07, 6.45) is 0.686. The van der Waals surface area contributed by atoms with Gasteiger partial charge in [-0.2, -0.15) is 4.98 Å². The number of benzene rings is 2. The number of amides is 1. The van der Waals surface area contributed by atoms with E-state index >= 15 is 0 Å². The molecule has 0 fully saturated rings. The highest BCUT2D eigenvalue weighted by Crippen LogP contribution is 2.18. The van der Waals surface area contributed by atoms with Gasteiger partial charge in [0.25, 0.3) is 0 Å². The van der Waals surface area contributed by atoms with Crippen LogP contribution in [0.15, 0.2) is 53.1 Å². The molecular weight excluding hydrogens is 350 g/mol. The number of hydrogen-bond acceptors (Lipinski definition) is 4. The lowest BCUT2D eigenvalue weighted by atomic mass is 10.1. The summed E-state index contributed by atoms with van der Waals surface area (Å²) in [7, 11) is 0. The molecule has 0 spiro atoms. The van der Waals surface area contributed by atoms with E-state index in [4.69, 9.17) is 16.1 Å². The quantitative estimate of drug-likeness (QED) is 0.694. The van der Waals surface area contributed by atoms with E-state index in [1.54, 1.807) is 0 Å². The van der Waals surface area contributed by atoms with Gasteiger partial charge in [0.1, 0.15) is 0 Å². The predicted octanol–water partition coefficient (Wildman–Crippen LogP) is 4.51. The Morgan fingerprint density at radius 3 is 2.54 bits per heavy atom. The topological polar surface area (TPSA) is 68.0 Å². The molecule has 0 aliphatic heterocycles. The fourth-order valence-corrected chi connectivity index (χ4v) is 2.67. The summed E-state index contributed by atoms with van der Waals surface area (Å²) in [4.78, 5) is 16.5. The molecule has 6 heteroatoms. The van der Waals surface area contributed by atoms with E-state index in [9.17, 15) is 4.79 Å². The molecule has 1 aromatic heterocycles. The molecule has 1 atom stereocenters. The molecular formula is C20H20ClN3O2. The minimum atomic E-state index is -0.0921. The molecule has 0 saturated carbocycles. The zero-order valence-electron chi connectivity index (χ0n) is 14.7. The van der Waals surface area contributed by atoms with Gasteiger partial charge in [-0.3, -0.25) is 4.79 Å². The maximum Gasteiger partial charge on any atom is 0.227 e. The van der Waals surface area contributed by atoms with E-state index in [1.165, 1.54) is 5.56 Å². The Hall–Kier alpha value is -2.66. The molecule has 5 nitrogen and oxygen atoms in total. The molecule has 1 heterocycles. The number of aryl methyl sites for hydroxylation is 2. The monoisotopic (exact) mass is 369 g/mol. The first-order valence-corrected chi connectivity index (χ1v) is 8.83. The highest BCUT2D eigenvalue weighted by molar-refractivity contribution is 6.30. The number of aromatic nitrogens is 2. The molecule has 134 valence electrons. The largest absolute Gasteiger partial charge is 0.350 e. The van der Waals surface area contributed by atoms with Crippen molar-refractivity contribution in [1.29, 1.82) is 0 Å². The summed E-state index contributed by atoms with van der Waals surface area (Å²) in [5.41, 5.74) is 3.07. The van der Waals surface area contributed by atoms with Crippen molar-refractivity contribution in [2.24, 2.45) is 0 Å². The fraction of sp³-hybridized carbons (Fsp3) is 0.250. The Bertz CT molecular complexity index is 873. The lowest BCUT2D eigenvalue weighted by Crippen LogP contribution is -2.26. The lowest BCUT2D eigenvalue weighted by Gasteiger charge is -2.14. The molecule has 0 radical (unpaired) electrons. The normalized spacial score (nSPS) is 12.0. The number of carbonyl (C=O) groups is 1. The van der Waals surface area contributed by atoms with Crippen LogP contribution in [0, 0.1) is 6.92 Å². The van der Waals surface area contributed by atoms with E-state index in [0.29, 0.717) is 23.2 Å². The second-order valence-corrected chi connectivity index (χ2v) is 6.65. The van der Waals surface area contributed by atoms with Crippen molar-refractivity contribution in [3.05, 3.63) is 70.6 Å². The third kappa shape index (κ3) is 4.70. The lowest BCUT2D eigenvalue weighted by molar-refractivity contribution is -0.121. The van der Waals surface area contributed by atoms with Gasteiger partial charge in [0, 0.05) is 23.4 Å². The molecule has 0 bridgehead atoms. The van der Waals surface area contributed by atoms with Crippen LogP contribution in [0.1, 0.15) is 36.4 Å². The molecule has 3 aromatic rings. The zero-order chi connectivity index (χ0) is 18.5. The van der Waals surface area contributed by atoms with Gasteiger partial charge < -0.3 is 9.84 Å². The van der Waals surface area contributed by atoms with Crippen LogP contribution in [0.4, 0.5) is 0 Å². The number of carbonyl (C=O) groups excluding carboxylic acids is 1. The van der Waals surface area contributed by atoms with E-state index in [-0.39, 0.29) is 18.4 Å². The Balaban J connectivity index is 1.53. The van der Waals surface area contributed by atoms with Crippen LogP contribution in [-0.2, 0) is 11.2 Å². The molecule has 2 aromatic carbocycles. The summed E-state index contributed by atoms with van der Waals surface area (Å²) in [6.45, 7) is 3.96. The molecule has 1 amide bonds. The van der Waals surface area contributed by atoms with Gasteiger partial charge in [-0.15, -0.1) is 0 Å². The maximum absolute atomic E-state index is 12.2. The average molecular weight is 370 g/mol. The number of nitrogens with zero attached hydrogens (tertiary/aromatic N) is 2. The SMILES string of the molecule is Cc1ccc(-c2noc(CCC(=O)N[C@H](C)c3ccc(Cl)cc3)n2)cc1. The summed E-state index contributed by atoms with van der Waals surface area (Å²) >= 11 is 5.88. The van der Waals surface area contributed by atoms with Crippen molar-refractivity contribution in [3.63, 3.8) is 0 Å². The molecule has 0 aliphatic rings. The third-order valence-corrected chi connectivity index (χ3v) is 4.34. The molecule has 0 aliphatic carbocycles. The van der Waals surface area contributed by atoms with Gasteiger partial charge in [0.15, 0.2) is 0 Å². The highest BCUT2D eigenvalue weighted by Gasteiger charge is 2.13. The van der Waals surface area contributed by atoms with Crippen LogP contribution >= 0.6 is 11.6 Å². The minimum absolute atomic E-state index is 0.0671. The van der Waals surface area contributed by atoms with Crippen LogP contribution < -0.4 is 5.32 Å². The Morgan fingerprint density at radius 2 is 1.85 bits per heavy atom. The van der Waals surface area contributed by atoms with Gasteiger partial charge in [-0.05, 0) is 31.5 Å². The number of nitrogens with one attached hydrogen (secondary N) is 1. The summed E-state index contributed by atoms with van der Waals surface area (Å²) in [5.74, 6) is 0.923. The standard InChI is InChI=1S/C20H20ClN3O2/c1-13-3-5-16(6-4-13)20-23-19(26-24-20)12-11-18(25)22-14(2)15-7-9-17(21)10-8-15/h3-10,14H,11-12H2,1-2H3,(H,22,25)/t14-/m1/s1. The average Bonchev–Trinajstić information content (AvgIpc) is 3.10. The van der Waals surface area contributed by atoms with Crippen LogP contribution in [0.25, 0.3) is 11.4 Å². The predicted molar refractivity (Wildman–Crippen MR) is 101 cm³/mol. The highest BCUT2D eigenvalue weighted by atomic mass is 35.5. The summed E-state index contributed by atoms with van der Waals surface area (Å²) < 4.78 is 5.25. The third-order valence-electron chi connectivity index (χ3n) is 4.09. The summed E-state index contributed by atoms with van der Waals surface area (Å²) in [6, 6.07) is 15.2. The first-order chi connectivity index (χ1) is 12.5. The van der Waals surface area contributed by atoms with Crippen molar-refractivity contribution in [2.45, 2.75) is 32.7 Å². The molecule has 26 heavy (non-hydrogen) atoms. The van der Waals surface area contributed by atoms with Gasteiger partial charge in [-0.25, -0.2) is 0 Å². The number of halogens is 1. The van der Waals surface area contributed by atoms with Gasteiger partial charge >= 0.3 is 0 Å². The molecule has 3 rings (SSSR count). The Kier molecular flexibility index (Phi) is 5.68. The minimum Gasteiger partial charge on any atom is -0.350 e. The van der Waals surface area contributed by atoms with Crippen molar-refractivity contribution in [3.8, 4) is 11.4 Å². The second-order valence-electron chi connectivity index (χ2n) is 6.22. The first kappa shape index (κ1) is 18.1. The van der Waals surface area contributed by atoms with E-state index in [1.807, 2.05) is 62.4 Å². The van der Waals surface area contributed by atoms with Crippen LogP contribution in [0.5, 0.6) is 0 Å². The van der Waals surface area contributed by atoms with Crippen LogP contribution in [0.2, 0.25) is 5.02 Å². The Morgan fingerprint density at radius 1 is 1.15 bits per heavy atom. The van der Waals surface area contributed by atoms with E-state index in [0.717, 1.165) is 11.1 Å². The van der Waals surface area contributed by atoms with Crippen molar-refractivity contribution in [1.82, 2.24) is 15.5 Å². The number of rotatable bonds is 6. The Labute approximate surface area is 157 Å². The second kappa shape index (κ2) is 8.15. The van der Waals surface area contributed by atoms with E-state index in [2.05, 4.69) is 15.5 Å². The fourth-order valence-electron chi connectivity index (χ4n) is 2.55. The van der Waals surface area contributed by atoms with Crippen molar-refractivity contribution in [2.75, 3.05) is 0 Å². The smallest absolute Gasteiger partial charge is 0.227 e. The molecule has 1 N–H and O–H groups in total. The molecule has 0 unspecified atom stereocenters. The zero-order valence-corrected chi connectivity index (χ0v) is 15.5. The van der Waals surface area contributed by atoms with Crippen LogP contribution in [0.3, 0.4) is 0 Å². The maximum atomic E-state index is 12.2.